The van der Waals surface area contributed by atoms with E-state index >= 15 is 0 Å². The number of benzene rings is 1. The van der Waals surface area contributed by atoms with Crippen molar-refractivity contribution < 1.29 is 9.59 Å². The summed E-state index contributed by atoms with van der Waals surface area (Å²) in [5.74, 6) is -0.117. The van der Waals surface area contributed by atoms with Crippen LogP contribution in [0.2, 0.25) is 0 Å². The summed E-state index contributed by atoms with van der Waals surface area (Å²) in [6, 6.07) is 7.96. The molecule has 4 nitrogen and oxygen atoms in total. The van der Waals surface area contributed by atoms with E-state index in [1.807, 2.05) is 31.2 Å². The van der Waals surface area contributed by atoms with Gasteiger partial charge >= 0.3 is 0 Å². The minimum absolute atomic E-state index is 0.0268. The van der Waals surface area contributed by atoms with Crippen LogP contribution in [0.15, 0.2) is 24.3 Å². The first-order valence-corrected chi connectivity index (χ1v) is 5.25. The molecule has 0 aromatic heterocycles. The Morgan fingerprint density at radius 1 is 1.38 bits per heavy atom. The standard InChI is InChI=1S/C12H14N2O2/c1-9-3-2-4-10(5-9)7-14-8-11(15)13-6-12(14)16/h2-5H,6-8H2,1H3,(H,13,15). The van der Waals surface area contributed by atoms with Gasteiger partial charge in [0.05, 0.1) is 13.1 Å². The van der Waals surface area contributed by atoms with Gasteiger partial charge < -0.3 is 10.2 Å². The van der Waals surface area contributed by atoms with Gasteiger partial charge in [0.1, 0.15) is 0 Å². The summed E-state index contributed by atoms with van der Waals surface area (Å²) >= 11 is 0. The molecule has 0 aliphatic carbocycles. The second-order valence-corrected chi connectivity index (χ2v) is 4.02. The van der Waals surface area contributed by atoms with Crippen molar-refractivity contribution >= 4 is 11.8 Å². The van der Waals surface area contributed by atoms with Crippen LogP contribution in [0.4, 0.5) is 0 Å². The summed E-state index contributed by atoms with van der Waals surface area (Å²) in [7, 11) is 0. The highest BCUT2D eigenvalue weighted by Crippen LogP contribution is 2.08. The average molecular weight is 218 g/mol. The molecule has 0 atom stereocenters. The number of carbonyl (C=O) groups is 2. The van der Waals surface area contributed by atoms with E-state index in [9.17, 15) is 9.59 Å². The molecule has 2 amide bonds. The first-order chi connectivity index (χ1) is 7.65. The van der Waals surface area contributed by atoms with Crippen molar-refractivity contribution in [2.75, 3.05) is 13.1 Å². The van der Waals surface area contributed by atoms with Crippen LogP contribution in [0.5, 0.6) is 0 Å². The van der Waals surface area contributed by atoms with E-state index in [-0.39, 0.29) is 24.9 Å². The molecule has 16 heavy (non-hydrogen) atoms. The van der Waals surface area contributed by atoms with Crippen LogP contribution in [0.1, 0.15) is 11.1 Å². The van der Waals surface area contributed by atoms with E-state index in [2.05, 4.69) is 5.32 Å². The molecule has 1 saturated heterocycles. The number of hydrogen-bond donors (Lipinski definition) is 1. The second kappa shape index (κ2) is 4.35. The fourth-order valence-electron chi connectivity index (χ4n) is 1.78. The average Bonchev–Trinajstić information content (AvgIpc) is 2.24. The van der Waals surface area contributed by atoms with Gasteiger partial charge in [0.15, 0.2) is 0 Å². The van der Waals surface area contributed by atoms with E-state index in [4.69, 9.17) is 0 Å². The summed E-state index contributed by atoms with van der Waals surface area (Å²) in [4.78, 5) is 24.3. The summed E-state index contributed by atoms with van der Waals surface area (Å²) < 4.78 is 0. The Balaban J connectivity index is 2.08. The molecule has 2 rings (SSSR count). The third kappa shape index (κ3) is 2.39. The van der Waals surface area contributed by atoms with Crippen molar-refractivity contribution in [3.63, 3.8) is 0 Å². The summed E-state index contributed by atoms with van der Waals surface area (Å²) in [5, 5.41) is 2.53. The molecule has 0 bridgehead atoms. The molecular formula is C12H14N2O2. The Morgan fingerprint density at radius 2 is 2.19 bits per heavy atom. The molecule has 0 spiro atoms. The van der Waals surface area contributed by atoms with Gasteiger partial charge in [-0.2, -0.15) is 0 Å². The summed E-state index contributed by atoms with van der Waals surface area (Å²) in [5.41, 5.74) is 2.22. The maximum atomic E-state index is 11.5. The Morgan fingerprint density at radius 3 is 2.94 bits per heavy atom. The van der Waals surface area contributed by atoms with Gasteiger partial charge in [-0.15, -0.1) is 0 Å². The predicted octanol–water partition coefficient (Wildman–Crippen LogP) is 0.453. The maximum Gasteiger partial charge on any atom is 0.242 e. The zero-order valence-electron chi connectivity index (χ0n) is 9.19. The first kappa shape index (κ1) is 10.7. The molecule has 1 aliphatic rings. The zero-order chi connectivity index (χ0) is 11.5. The fraction of sp³-hybridized carbons (Fsp3) is 0.333. The number of aryl methyl sites for hydroxylation is 1. The molecule has 1 aromatic carbocycles. The van der Waals surface area contributed by atoms with Gasteiger partial charge in [-0.1, -0.05) is 29.8 Å². The molecule has 0 unspecified atom stereocenters. The van der Waals surface area contributed by atoms with E-state index in [0.29, 0.717) is 6.54 Å². The Labute approximate surface area is 94.2 Å². The molecule has 1 heterocycles. The van der Waals surface area contributed by atoms with Crippen molar-refractivity contribution in [1.82, 2.24) is 10.2 Å². The number of rotatable bonds is 2. The van der Waals surface area contributed by atoms with Gasteiger partial charge in [0, 0.05) is 6.54 Å². The van der Waals surface area contributed by atoms with Crippen molar-refractivity contribution in [1.29, 1.82) is 0 Å². The number of hydrogen-bond acceptors (Lipinski definition) is 2. The number of piperazine rings is 1. The minimum atomic E-state index is -0.0905. The SMILES string of the molecule is Cc1cccc(CN2CC(=O)NCC2=O)c1. The lowest BCUT2D eigenvalue weighted by Crippen LogP contribution is -2.50. The van der Waals surface area contributed by atoms with Gasteiger partial charge in [-0.3, -0.25) is 9.59 Å². The van der Waals surface area contributed by atoms with Crippen molar-refractivity contribution in [2.45, 2.75) is 13.5 Å². The van der Waals surface area contributed by atoms with Crippen LogP contribution < -0.4 is 5.32 Å². The van der Waals surface area contributed by atoms with Crippen molar-refractivity contribution in [3.05, 3.63) is 35.4 Å². The normalized spacial score (nSPS) is 16.2. The summed E-state index contributed by atoms with van der Waals surface area (Å²) in [6.45, 7) is 2.79. The smallest absolute Gasteiger partial charge is 0.242 e. The van der Waals surface area contributed by atoms with Gasteiger partial charge in [-0.05, 0) is 12.5 Å². The number of carbonyl (C=O) groups excluding carboxylic acids is 2. The van der Waals surface area contributed by atoms with Crippen LogP contribution >= 0.6 is 0 Å². The minimum Gasteiger partial charge on any atom is -0.345 e. The topological polar surface area (TPSA) is 49.4 Å². The largest absolute Gasteiger partial charge is 0.345 e. The molecule has 1 N–H and O–H groups in total. The fourth-order valence-corrected chi connectivity index (χ4v) is 1.78. The van der Waals surface area contributed by atoms with E-state index in [1.54, 1.807) is 4.90 Å². The van der Waals surface area contributed by atoms with E-state index in [0.717, 1.165) is 11.1 Å². The molecule has 84 valence electrons. The molecular weight excluding hydrogens is 204 g/mol. The molecule has 0 saturated carbocycles. The van der Waals surface area contributed by atoms with Gasteiger partial charge in [0.2, 0.25) is 11.8 Å². The highest BCUT2D eigenvalue weighted by Gasteiger charge is 2.22. The van der Waals surface area contributed by atoms with E-state index in [1.165, 1.54) is 0 Å². The van der Waals surface area contributed by atoms with Crippen LogP contribution in [0.3, 0.4) is 0 Å². The third-order valence-electron chi connectivity index (χ3n) is 2.58. The van der Waals surface area contributed by atoms with Crippen LogP contribution in [0.25, 0.3) is 0 Å². The molecule has 1 aliphatic heterocycles. The Hall–Kier alpha value is -1.84. The molecule has 0 radical (unpaired) electrons. The maximum absolute atomic E-state index is 11.5. The van der Waals surface area contributed by atoms with Crippen molar-refractivity contribution in [2.24, 2.45) is 0 Å². The Kier molecular flexibility index (Phi) is 2.90. The van der Waals surface area contributed by atoms with Crippen LogP contribution in [-0.4, -0.2) is 29.8 Å². The van der Waals surface area contributed by atoms with Gasteiger partial charge in [0.25, 0.3) is 0 Å². The Bertz CT molecular complexity index is 429. The van der Waals surface area contributed by atoms with E-state index < -0.39 is 0 Å². The van der Waals surface area contributed by atoms with Gasteiger partial charge in [-0.25, -0.2) is 0 Å². The third-order valence-corrected chi connectivity index (χ3v) is 2.58. The monoisotopic (exact) mass is 218 g/mol. The highest BCUT2D eigenvalue weighted by atomic mass is 16.2. The second-order valence-electron chi connectivity index (χ2n) is 4.02. The number of nitrogens with one attached hydrogen (secondary N) is 1. The van der Waals surface area contributed by atoms with Crippen molar-refractivity contribution in [3.8, 4) is 0 Å². The lowest BCUT2D eigenvalue weighted by atomic mass is 10.1. The molecule has 1 fully saturated rings. The van der Waals surface area contributed by atoms with Crippen LogP contribution in [0, 0.1) is 6.92 Å². The first-order valence-electron chi connectivity index (χ1n) is 5.25. The predicted molar refractivity (Wildman–Crippen MR) is 59.6 cm³/mol. The highest BCUT2D eigenvalue weighted by molar-refractivity contribution is 5.92. The molecule has 1 aromatic rings. The summed E-state index contributed by atoms with van der Waals surface area (Å²) in [6.07, 6.45) is 0. The quantitative estimate of drug-likeness (QED) is 0.783. The lowest BCUT2D eigenvalue weighted by molar-refractivity contribution is -0.141. The number of nitrogens with zero attached hydrogens (tertiary/aromatic N) is 1. The molecule has 4 heteroatoms. The number of amides is 2. The zero-order valence-corrected chi connectivity index (χ0v) is 9.19. The lowest BCUT2D eigenvalue weighted by Gasteiger charge is -2.26. The van der Waals surface area contributed by atoms with Crippen LogP contribution in [-0.2, 0) is 16.1 Å².